The van der Waals surface area contributed by atoms with E-state index >= 15 is 0 Å². The van der Waals surface area contributed by atoms with Gasteiger partial charge in [-0.05, 0) is 73.0 Å². The fraction of sp³-hybridized carbons (Fsp3) is 0.233. The van der Waals surface area contributed by atoms with E-state index in [2.05, 4.69) is 5.32 Å². The normalized spacial score (nSPS) is 16.5. The molecule has 8 heteroatoms. The van der Waals surface area contributed by atoms with E-state index in [1.54, 1.807) is 43.5 Å². The fourth-order valence-electron chi connectivity index (χ4n) is 4.72. The summed E-state index contributed by atoms with van der Waals surface area (Å²) in [6.07, 6.45) is 0. The molecule has 0 saturated carbocycles. The Balaban J connectivity index is 1.95. The van der Waals surface area contributed by atoms with Crippen LogP contribution in [0, 0.1) is 13.8 Å². The minimum atomic E-state index is -0.888. The number of aliphatic hydroxyl groups is 1. The van der Waals surface area contributed by atoms with Gasteiger partial charge in [0.05, 0.1) is 18.7 Å². The number of Topliss-reactive ketones (excluding diaryl/α,β-unsaturated/α-hetero) is 1. The second-order valence-electron chi connectivity index (χ2n) is 9.52. The average molecular weight is 514 g/mol. The zero-order valence-corrected chi connectivity index (χ0v) is 22.3. The van der Waals surface area contributed by atoms with Gasteiger partial charge in [0, 0.05) is 43.6 Å². The second kappa shape index (κ2) is 10.4. The molecule has 0 spiro atoms. The first-order chi connectivity index (χ1) is 18.0. The molecular formula is C30H31N3O5. The second-order valence-corrected chi connectivity index (χ2v) is 9.52. The number of ketones is 1. The third kappa shape index (κ3) is 4.85. The van der Waals surface area contributed by atoms with Gasteiger partial charge in [-0.1, -0.05) is 18.2 Å². The Hall–Kier alpha value is -4.59. The van der Waals surface area contributed by atoms with E-state index in [4.69, 9.17) is 4.74 Å². The van der Waals surface area contributed by atoms with Crippen LogP contribution in [0.1, 0.15) is 35.2 Å². The molecule has 1 aliphatic heterocycles. The van der Waals surface area contributed by atoms with Crippen LogP contribution in [-0.2, 0) is 14.4 Å². The van der Waals surface area contributed by atoms with Crippen molar-refractivity contribution >= 4 is 40.4 Å². The van der Waals surface area contributed by atoms with Crippen LogP contribution in [-0.4, -0.2) is 43.9 Å². The summed E-state index contributed by atoms with van der Waals surface area (Å²) in [5.41, 5.74) is 4.42. The molecule has 196 valence electrons. The number of anilines is 3. The number of rotatable bonds is 6. The molecule has 2 N–H and O–H groups in total. The SMILES string of the molecule is COc1cc(C)c(/C(O)=C2\C(=O)C(=O)N(c3cccc(NC(C)=O)c3)C2c2ccc(N(C)C)cc2)cc1C. The lowest BCUT2D eigenvalue weighted by molar-refractivity contribution is -0.132. The predicted molar refractivity (Wildman–Crippen MR) is 149 cm³/mol. The number of nitrogens with zero attached hydrogens (tertiary/aromatic N) is 2. The Morgan fingerprint density at radius 2 is 1.68 bits per heavy atom. The van der Waals surface area contributed by atoms with E-state index in [0.717, 1.165) is 11.3 Å². The lowest BCUT2D eigenvalue weighted by Crippen LogP contribution is -2.29. The molecular weight excluding hydrogens is 482 g/mol. The smallest absolute Gasteiger partial charge is 0.300 e. The quantitative estimate of drug-likeness (QED) is 0.275. The lowest BCUT2D eigenvalue weighted by Gasteiger charge is -2.26. The van der Waals surface area contributed by atoms with Crippen molar-refractivity contribution in [2.24, 2.45) is 0 Å². The minimum Gasteiger partial charge on any atom is -0.507 e. The van der Waals surface area contributed by atoms with Crippen LogP contribution in [0.4, 0.5) is 17.1 Å². The maximum Gasteiger partial charge on any atom is 0.300 e. The van der Waals surface area contributed by atoms with Gasteiger partial charge in [0.2, 0.25) is 5.91 Å². The highest BCUT2D eigenvalue weighted by Crippen LogP contribution is 2.43. The summed E-state index contributed by atoms with van der Waals surface area (Å²) in [5.74, 6) is -1.41. The predicted octanol–water partition coefficient (Wildman–Crippen LogP) is 4.96. The number of benzene rings is 3. The van der Waals surface area contributed by atoms with Gasteiger partial charge in [-0.3, -0.25) is 19.3 Å². The van der Waals surface area contributed by atoms with Crippen LogP contribution < -0.4 is 19.9 Å². The first kappa shape index (κ1) is 26.5. The van der Waals surface area contributed by atoms with Gasteiger partial charge in [-0.25, -0.2) is 0 Å². The number of hydrogen-bond acceptors (Lipinski definition) is 6. The van der Waals surface area contributed by atoms with Crippen LogP contribution in [0.25, 0.3) is 5.76 Å². The third-order valence-corrected chi connectivity index (χ3v) is 6.61. The van der Waals surface area contributed by atoms with Crippen LogP contribution >= 0.6 is 0 Å². The van der Waals surface area contributed by atoms with E-state index in [1.165, 1.54) is 11.8 Å². The van der Waals surface area contributed by atoms with Crippen LogP contribution in [0.3, 0.4) is 0 Å². The number of ether oxygens (including phenoxy) is 1. The number of nitrogens with one attached hydrogen (secondary N) is 1. The average Bonchev–Trinajstić information content (AvgIpc) is 3.14. The molecule has 3 aromatic rings. The van der Waals surface area contributed by atoms with Crippen molar-refractivity contribution in [3.8, 4) is 5.75 Å². The first-order valence-electron chi connectivity index (χ1n) is 12.1. The maximum absolute atomic E-state index is 13.5. The highest BCUT2D eigenvalue weighted by Gasteiger charge is 2.47. The van der Waals surface area contributed by atoms with Crippen molar-refractivity contribution < 1.29 is 24.2 Å². The van der Waals surface area contributed by atoms with Gasteiger partial charge >= 0.3 is 0 Å². The van der Waals surface area contributed by atoms with Gasteiger partial charge < -0.3 is 20.1 Å². The highest BCUT2D eigenvalue weighted by molar-refractivity contribution is 6.51. The summed E-state index contributed by atoms with van der Waals surface area (Å²) in [5, 5.41) is 14.3. The number of amides is 2. The van der Waals surface area contributed by atoms with E-state index in [0.29, 0.717) is 33.8 Å². The summed E-state index contributed by atoms with van der Waals surface area (Å²) in [6.45, 7) is 5.05. The molecule has 1 atom stereocenters. The van der Waals surface area contributed by atoms with Crippen molar-refractivity contribution in [3.05, 3.63) is 88.5 Å². The summed E-state index contributed by atoms with van der Waals surface area (Å²) in [6, 6.07) is 16.9. The zero-order valence-electron chi connectivity index (χ0n) is 22.3. The van der Waals surface area contributed by atoms with Gasteiger partial charge in [-0.2, -0.15) is 0 Å². The molecule has 0 bridgehead atoms. The van der Waals surface area contributed by atoms with Gasteiger partial charge in [-0.15, -0.1) is 0 Å². The van der Waals surface area contributed by atoms with E-state index in [-0.39, 0.29) is 17.2 Å². The van der Waals surface area contributed by atoms with E-state index in [9.17, 15) is 19.5 Å². The Morgan fingerprint density at radius 3 is 2.29 bits per heavy atom. The van der Waals surface area contributed by atoms with Crippen LogP contribution in [0.5, 0.6) is 5.75 Å². The Bertz CT molecular complexity index is 1460. The largest absolute Gasteiger partial charge is 0.507 e. The number of hydrogen-bond donors (Lipinski definition) is 2. The molecule has 1 aliphatic rings. The molecule has 1 heterocycles. The van der Waals surface area contributed by atoms with Crippen molar-refractivity contribution in [2.45, 2.75) is 26.8 Å². The van der Waals surface area contributed by atoms with Crippen molar-refractivity contribution in [2.75, 3.05) is 36.3 Å². The molecule has 8 nitrogen and oxygen atoms in total. The van der Waals surface area contributed by atoms with E-state index in [1.807, 2.05) is 57.1 Å². The molecule has 0 aromatic heterocycles. The number of aliphatic hydroxyl groups excluding tert-OH is 1. The topological polar surface area (TPSA) is 99.2 Å². The van der Waals surface area contributed by atoms with Crippen LogP contribution in [0.15, 0.2) is 66.2 Å². The first-order valence-corrected chi connectivity index (χ1v) is 12.1. The number of carbonyl (C=O) groups excluding carboxylic acids is 3. The highest BCUT2D eigenvalue weighted by atomic mass is 16.5. The summed E-state index contributed by atoms with van der Waals surface area (Å²) in [7, 11) is 5.41. The standard InChI is InChI=1S/C30H31N3O5/c1-17-15-25(38-6)18(2)14-24(17)28(35)26-27(20-10-12-22(13-11-20)32(4)5)33(30(37)29(26)36)23-9-7-8-21(16-23)31-19(3)34/h7-16,27,35H,1-6H3,(H,31,34)/b28-26+. The monoisotopic (exact) mass is 513 g/mol. The number of carbonyl (C=O) groups is 3. The number of aryl methyl sites for hydroxylation is 2. The molecule has 1 unspecified atom stereocenters. The third-order valence-electron chi connectivity index (χ3n) is 6.61. The summed E-state index contributed by atoms with van der Waals surface area (Å²) < 4.78 is 5.40. The molecule has 0 radical (unpaired) electrons. The maximum atomic E-state index is 13.5. The van der Waals surface area contributed by atoms with Gasteiger partial charge in [0.25, 0.3) is 11.7 Å². The lowest BCUT2D eigenvalue weighted by atomic mass is 9.92. The van der Waals surface area contributed by atoms with E-state index < -0.39 is 17.7 Å². The Labute approximate surface area is 222 Å². The molecule has 1 fully saturated rings. The summed E-state index contributed by atoms with van der Waals surface area (Å²) in [4.78, 5) is 42.0. The van der Waals surface area contributed by atoms with Crippen molar-refractivity contribution in [1.82, 2.24) is 0 Å². The molecule has 2 amide bonds. The molecule has 38 heavy (non-hydrogen) atoms. The minimum absolute atomic E-state index is 0.00907. The molecule has 0 aliphatic carbocycles. The van der Waals surface area contributed by atoms with Crippen LogP contribution in [0.2, 0.25) is 0 Å². The van der Waals surface area contributed by atoms with Gasteiger partial charge in [0.1, 0.15) is 11.5 Å². The molecule has 3 aromatic carbocycles. The summed E-state index contributed by atoms with van der Waals surface area (Å²) >= 11 is 0. The van der Waals surface area contributed by atoms with Crippen molar-refractivity contribution in [3.63, 3.8) is 0 Å². The zero-order chi connectivity index (χ0) is 27.7. The van der Waals surface area contributed by atoms with Gasteiger partial charge in [0.15, 0.2) is 0 Å². The van der Waals surface area contributed by atoms with Crippen molar-refractivity contribution in [1.29, 1.82) is 0 Å². The Kier molecular flexibility index (Phi) is 7.26. The fourth-order valence-corrected chi connectivity index (χ4v) is 4.72. The Morgan fingerprint density at radius 1 is 1.00 bits per heavy atom. The molecule has 1 saturated heterocycles. The number of methoxy groups -OCH3 is 1. The molecule has 4 rings (SSSR count).